The maximum atomic E-state index is 4.00. The average Bonchev–Trinajstić information content (AvgIpc) is 2.19. The summed E-state index contributed by atoms with van der Waals surface area (Å²) in [5, 5.41) is 0. The zero-order valence-corrected chi connectivity index (χ0v) is 9.24. The maximum absolute atomic E-state index is 4.00. The van der Waals surface area contributed by atoms with Gasteiger partial charge < -0.3 is 0 Å². The normalized spacial score (nSPS) is 10.1. The molecule has 2 heteroatoms. The van der Waals surface area contributed by atoms with E-state index in [-0.39, 0.29) is 0 Å². The highest BCUT2D eigenvalue weighted by Gasteiger charge is 1.95. The van der Waals surface area contributed by atoms with Crippen LogP contribution in [0.1, 0.15) is 11.1 Å². The molecule has 0 bridgehead atoms. The highest BCUT2D eigenvalue weighted by Crippen LogP contribution is 2.14. The summed E-state index contributed by atoms with van der Waals surface area (Å²) in [6.07, 6.45) is 4.61. The van der Waals surface area contributed by atoms with Gasteiger partial charge in [0.05, 0.1) is 0 Å². The van der Waals surface area contributed by atoms with Gasteiger partial charge in [-0.25, -0.2) is 0 Å². The summed E-state index contributed by atoms with van der Waals surface area (Å²) in [7, 11) is 0. The SMILES string of the molecule is Brc1cccc(Cc2ccncc2)c1. The quantitative estimate of drug-likeness (QED) is 0.793. The van der Waals surface area contributed by atoms with Crippen molar-refractivity contribution in [3.63, 3.8) is 0 Å². The predicted octanol–water partition coefficient (Wildman–Crippen LogP) is 3.43. The number of pyridine rings is 1. The Kier molecular flexibility index (Phi) is 2.94. The molecule has 70 valence electrons. The standard InChI is InChI=1S/C12H10BrN/c13-12-3-1-2-11(9-12)8-10-4-6-14-7-5-10/h1-7,9H,8H2. The second-order valence-electron chi connectivity index (χ2n) is 3.16. The number of aromatic nitrogens is 1. The van der Waals surface area contributed by atoms with Crippen LogP contribution in [0.25, 0.3) is 0 Å². The lowest BCUT2D eigenvalue weighted by Crippen LogP contribution is -1.87. The van der Waals surface area contributed by atoms with Gasteiger partial charge in [0.15, 0.2) is 0 Å². The fourth-order valence-corrected chi connectivity index (χ4v) is 1.83. The van der Waals surface area contributed by atoms with E-state index in [1.54, 1.807) is 0 Å². The zero-order chi connectivity index (χ0) is 9.80. The molecule has 0 saturated carbocycles. The molecule has 2 rings (SSSR count). The van der Waals surface area contributed by atoms with E-state index in [0.717, 1.165) is 10.9 Å². The Labute approximate surface area is 91.9 Å². The molecule has 0 radical (unpaired) electrons. The monoisotopic (exact) mass is 247 g/mol. The molecule has 0 N–H and O–H groups in total. The second kappa shape index (κ2) is 4.38. The Bertz CT molecular complexity index is 412. The molecule has 0 aliphatic rings. The molecular weight excluding hydrogens is 238 g/mol. The van der Waals surface area contributed by atoms with Gasteiger partial charge in [0.25, 0.3) is 0 Å². The summed E-state index contributed by atoms with van der Waals surface area (Å²) < 4.78 is 1.13. The largest absolute Gasteiger partial charge is 0.265 e. The van der Waals surface area contributed by atoms with Crippen molar-refractivity contribution in [3.8, 4) is 0 Å². The first-order chi connectivity index (χ1) is 6.84. The lowest BCUT2D eigenvalue weighted by atomic mass is 10.1. The van der Waals surface area contributed by atoms with Crippen molar-refractivity contribution in [2.45, 2.75) is 6.42 Å². The van der Waals surface area contributed by atoms with Crippen molar-refractivity contribution in [1.29, 1.82) is 0 Å². The first kappa shape index (κ1) is 9.41. The minimum atomic E-state index is 0.960. The van der Waals surface area contributed by atoms with Crippen LogP contribution in [0.5, 0.6) is 0 Å². The van der Waals surface area contributed by atoms with Crippen molar-refractivity contribution >= 4 is 15.9 Å². The fourth-order valence-electron chi connectivity index (χ4n) is 1.38. The minimum Gasteiger partial charge on any atom is -0.265 e. The van der Waals surface area contributed by atoms with Gasteiger partial charge >= 0.3 is 0 Å². The summed E-state index contributed by atoms with van der Waals surface area (Å²) in [4.78, 5) is 4.00. The van der Waals surface area contributed by atoms with Crippen LogP contribution in [0.4, 0.5) is 0 Å². The van der Waals surface area contributed by atoms with Crippen molar-refractivity contribution in [2.24, 2.45) is 0 Å². The van der Waals surface area contributed by atoms with Crippen LogP contribution in [-0.4, -0.2) is 4.98 Å². The van der Waals surface area contributed by atoms with E-state index in [9.17, 15) is 0 Å². The Morgan fingerprint density at radius 1 is 1.00 bits per heavy atom. The topological polar surface area (TPSA) is 12.9 Å². The van der Waals surface area contributed by atoms with Crippen LogP contribution in [0, 0.1) is 0 Å². The lowest BCUT2D eigenvalue weighted by Gasteiger charge is -2.01. The number of rotatable bonds is 2. The summed E-state index contributed by atoms with van der Waals surface area (Å²) in [5.41, 5.74) is 2.60. The zero-order valence-electron chi connectivity index (χ0n) is 7.65. The molecule has 0 unspecified atom stereocenters. The summed E-state index contributed by atoms with van der Waals surface area (Å²) in [6, 6.07) is 12.4. The third kappa shape index (κ3) is 2.42. The van der Waals surface area contributed by atoms with Gasteiger partial charge in [-0.3, -0.25) is 4.98 Å². The Morgan fingerprint density at radius 3 is 2.50 bits per heavy atom. The summed E-state index contributed by atoms with van der Waals surface area (Å²) >= 11 is 3.46. The van der Waals surface area contributed by atoms with Gasteiger partial charge in [-0.2, -0.15) is 0 Å². The molecule has 0 amide bonds. The fraction of sp³-hybridized carbons (Fsp3) is 0.0833. The Balaban J connectivity index is 2.19. The molecule has 1 aromatic heterocycles. The van der Waals surface area contributed by atoms with Crippen LogP contribution in [0.2, 0.25) is 0 Å². The molecule has 0 spiro atoms. The molecule has 1 aromatic carbocycles. The Morgan fingerprint density at radius 2 is 1.79 bits per heavy atom. The van der Waals surface area contributed by atoms with E-state index in [0.29, 0.717) is 0 Å². The van der Waals surface area contributed by atoms with Crippen molar-refractivity contribution in [1.82, 2.24) is 4.98 Å². The molecule has 1 nitrogen and oxygen atoms in total. The maximum Gasteiger partial charge on any atom is 0.0270 e. The lowest BCUT2D eigenvalue weighted by molar-refractivity contribution is 1.16. The molecule has 1 heterocycles. The van der Waals surface area contributed by atoms with Gasteiger partial charge in [0.1, 0.15) is 0 Å². The molecule has 14 heavy (non-hydrogen) atoms. The molecule has 2 aromatic rings. The predicted molar refractivity (Wildman–Crippen MR) is 61.2 cm³/mol. The number of nitrogens with zero attached hydrogens (tertiary/aromatic N) is 1. The number of benzene rings is 1. The number of halogens is 1. The van der Waals surface area contributed by atoms with E-state index < -0.39 is 0 Å². The molecule has 0 saturated heterocycles. The molecule has 0 aliphatic carbocycles. The molecule has 0 aliphatic heterocycles. The van der Waals surface area contributed by atoms with Crippen LogP contribution in [-0.2, 0) is 6.42 Å². The van der Waals surface area contributed by atoms with E-state index in [2.05, 4.69) is 39.1 Å². The number of hydrogen-bond donors (Lipinski definition) is 0. The molecular formula is C12H10BrN. The summed E-state index contributed by atoms with van der Waals surface area (Å²) in [5.74, 6) is 0. The highest BCUT2D eigenvalue weighted by atomic mass is 79.9. The van der Waals surface area contributed by atoms with E-state index >= 15 is 0 Å². The van der Waals surface area contributed by atoms with Crippen molar-refractivity contribution in [2.75, 3.05) is 0 Å². The van der Waals surface area contributed by atoms with Gasteiger partial charge in [0.2, 0.25) is 0 Å². The van der Waals surface area contributed by atoms with Gasteiger partial charge in [0, 0.05) is 16.9 Å². The van der Waals surface area contributed by atoms with E-state index in [1.807, 2.05) is 30.6 Å². The van der Waals surface area contributed by atoms with E-state index in [1.165, 1.54) is 11.1 Å². The minimum absolute atomic E-state index is 0.960. The third-order valence-electron chi connectivity index (χ3n) is 2.05. The smallest absolute Gasteiger partial charge is 0.0270 e. The Hall–Kier alpha value is -1.15. The first-order valence-electron chi connectivity index (χ1n) is 4.48. The van der Waals surface area contributed by atoms with Gasteiger partial charge in [-0.05, 0) is 41.8 Å². The molecule has 0 atom stereocenters. The first-order valence-corrected chi connectivity index (χ1v) is 5.27. The van der Waals surface area contributed by atoms with E-state index in [4.69, 9.17) is 0 Å². The van der Waals surface area contributed by atoms with Crippen LogP contribution in [0.3, 0.4) is 0 Å². The van der Waals surface area contributed by atoms with Crippen molar-refractivity contribution in [3.05, 3.63) is 64.4 Å². The molecule has 0 fully saturated rings. The number of hydrogen-bond acceptors (Lipinski definition) is 1. The summed E-state index contributed by atoms with van der Waals surface area (Å²) in [6.45, 7) is 0. The van der Waals surface area contributed by atoms with Crippen molar-refractivity contribution < 1.29 is 0 Å². The second-order valence-corrected chi connectivity index (χ2v) is 4.08. The van der Waals surface area contributed by atoms with Gasteiger partial charge in [-0.15, -0.1) is 0 Å². The third-order valence-corrected chi connectivity index (χ3v) is 2.54. The average molecular weight is 248 g/mol. The van der Waals surface area contributed by atoms with Crippen LogP contribution >= 0.6 is 15.9 Å². The highest BCUT2D eigenvalue weighted by molar-refractivity contribution is 9.10. The van der Waals surface area contributed by atoms with Crippen LogP contribution in [0.15, 0.2) is 53.3 Å². The van der Waals surface area contributed by atoms with Gasteiger partial charge in [-0.1, -0.05) is 28.1 Å². The van der Waals surface area contributed by atoms with Crippen LogP contribution < -0.4 is 0 Å².